The molecule has 68 valence electrons. The predicted molar refractivity (Wildman–Crippen MR) is 51.0 cm³/mol. The first-order chi connectivity index (χ1) is 6.14. The van der Waals surface area contributed by atoms with Crippen LogP contribution in [0.1, 0.15) is 18.9 Å². The van der Waals surface area contributed by atoms with Crippen molar-refractivity contribution in [1.29, 1.82) is 5.26 Å². The Bertz CT molecular complexity index is 298. The van der Waals surface area contributed by atoms with Crippen molar-refractivity contribution in [1.82, 2.24) is 0 Å². The van der Waals surface area contributed by atoms with Crippen LogP contribution in [-0.2, 0) is 6.42 Å². The van der Waals surface area contributed by atoms with Gasteiger partial charge in [0.1, 0.15) is 0 Å². The minimum atomic E-state index is -0.907. The Morgan fingerprint density at radius 3 is 2.54 bits per heavy atom. The highest BCUT2D eigenvalue weighted by Crippen LogP contribution is 2.15. The second-order valence-electron chi connectivity index (χ2n) is 3.49. The molecule has 2 heteroatoms. The van der Waals surface area contributed by atoms with Crippen LogP contribution in [0, 0.1) is 11.3 Å². The van der Waals surface area contributed by atoms with Gasteiger partial charge in [-0.15, -0.1) is 0 Å². The molecule has 13 heavy (non-hydrogen) atoms. The van der Waals surface area contributed by atoms with Gasteiger partial charge >= 0.3 is 0 Å². The van der Waals surface area contributed by atoms with E-state index in [2.05, 4.69) is 0 Å². The summed E-state index contributed by atoms with van der Waals surface area (Å²) in [6.07, 6.45) is 0.698. The second-order valence-corrected chi connectivity index (χ2v) is 3.49. The molecule has 0 radical (unpaired) electrons. The van der Waals surface area contributed by atoms with E-state index in [0.29, 0.717) is 6.42 Å². The molecule has 1 rings (SSSR count). The minimum absolute atomic E-state index is 0.169. The fraction of sp³-hybridized carbons (Fsp3) is 0.364. The highest BCUT2D eigenvalue weighted by atomic mass is 16.3. The zero-order chi connectivity index (χ0) is 9.73. The summed E-state index contributed by atoms with van der Waals surface area (Å²) in [5.74, 6) is 0. The number of hydrogen-bond acceptors (Lipinski definition) is 2. The molecule has 1 aromatic rings. The smallest absolute Gasteiger partial charge is 0.0789 e. The first-order valence-electron chi connectivity index (χ1n) is 4.27. The van der Waals surface area contributed by atoms with Crippen molar-refractivity contribution in [2.45, 2.75) is 25.4 Å². The van der Waals surface area contributed by atoms with Gasteiger partial charge in [0.25, 0.3) is 0 Å². The SMILES string of the molecule is C[C@](O)(CC#N)Cc1ccccc1. The van der Waals surface area contributed by atoms with Crippen LogP contribution in [-0.4, -0.2) is 10.7 Å². The van der Waals surface area contributed by atoms with Crippen molar-refractivity contribution >= 4 is 0 Å². The van der Waals surface area contributed by atoms with E-state index < -0.39 is 5.60 Å². The molecule has 0 saturated heterocycles. The first-order valence-corrected chi connectivity index (χ1v) is 4.27. The minimum Gasteiger partial charge on any atom is -0.389 e. The van der Waals surface area contributed by atoms with Gasteiger partial charge < -0.3 is 5.11 Å². The maximum absolute atomic E-state index is 9.75. The lowest BCUT2D eigenvalue weighted by molar-refractivity contribution is 0.0654. The van der Waals surface area contributed by atoms with Gasteiger partial charge in [-0.2, -0.15) is 5.26 Å². The van der Waals surface area contributed by atoms with Crippen LogP contribution in [0.2, 0.25) is 0 Å². The number of hydrogen-bond donors (Lipinski definition) is 1. The lowest BCUT2D eigenvalue weighted by atomic mass is 9.94. The highest BCUT2D eigenvalue weighted by molar-refractivity contribution is 5.17. The topological polar surface area (TPSA) is 44.0 Å². The fourth-order valence-electron chi connectivity index (χ4n) is 1.27. The molecule has 0 aliphatic heterocycles. The van der Waals surface area contributed by atoms with E-state index in [-0.39, 0.29) is 6.42 Å². The Balaban J connectivity index is 2.65. The van der Waals surface area contributed by atoms with Crippen LogP contribution in [0.3, 0.4) is 0 Å². The highest BCUT2D eigenvalue weighted by Gasteiger charge is 2.19. The summed E-state index contributed by atoms with van der Waals surface area (Å²) in [6, 6.07) is 11.7. The third kappa shape index (κ3) is 3.27. The van der Waals surface area contributed by atoms with E-state index in [1.807, 2.05) is 36.4 Å². The Hall–Kier alpha value is -1.33. The standard InChI is InChI=1S/C11H13NO/c1-11(13,7-8-12)9-10-5-3-2-4-6-10/h2-6,13H,7,9H2,1H3/t11-/m0/s1. The third-order valence-corrected chi connectivity index (χ3v) is 1.89. The van der Waals surface area contributed by atoms with Gasteiger partial charge in [0.15, 0.2) is 0 Å². The Labute approximate surface area is 78.4 Å². The molecule has 0 aliphatic rings. The van der Waals surface area contributed by atoms with Crippen molar-refractivity contribution in [3.8, 4) is 6.07 Å². The molecule has 0 aliphatic carbocycles. The maximum atomic E-state index is 9.75. The third-order valence-electron chi connectivity index (χ3n) is 1.89. The molecule has 0 spiro atoms. The van der Waals surface area contributed by atoms with E-state index in [0.717, 1.165) is 5.56 Å². The molecular weight excluding hydrogens is 162 g/mol. The van der Waals surface area contributed by atoms with E-state index in [4.69, 9.17) is 5.26 Å². The van der Waals surface area contributed by atoms with E-state index in [1.165, 1.54) is 0 Å². The first kappa shape index (κ1) is 9.76. The lowest BCUT2D eigenvalue weighted by Crippen LogP contribution is -2.26. The van der Waals surface area contributed by atoms with Crippen molar-refractivity contribution < 1.29 is 5.11 Å². The molecular formula is C11H13NO. The maximum Gasteiger partial charge on any atom is 0.0789 e. The zero-order valence-corrected chi connectivity index (χ0v) is 7.70. The molecule has 0 aromatic heterocycles. The molecule has 0 fully saturated rings. The van der Waals surface area contributed by atoms with Gasteiger partial charge in [-0.1, -0.05) is 30.3 Å². The summed E-state index contributed by atoms with van der Waals surface area (Å²) in [5.41, 5.74) is 0.151. The van der Waals surface area contributed by atoms with Crippen molar-refractivity contribution in [2.24, 2.45) is 0 Å². The molecule has 2 nitrogen and oxygen atoms in total. The number of rotatable bonds is 3. The quantitative estimate of drug-likeness (QED) is 0.762. The van der Waals surface area contributed by atoms with Gasteiger partial charge in [0.2, 0.25) is 0 Å². The molecule has 1 aromatic carbocycles. The van der Waals surface area contributed by atoms with E-state index in [1.54, 1.807) is 6.92 Å². The van der Waals surface area contributed by atoms with Gasteiger partial charge in [0.05, 0.1) is 18.1 Å². The van der Waals surface area contributed by atoms with Crippen LogP contribution < -0.4 is 0 Å². The van der Waals surface area contributed by atoms with E-state index >= 15 is 0 Å². The summed E-state index contributed by atoms with van der Waals surface area (Å²) in [4.78, 5) is 0. The molecule has 0 saturated carbocycles. The molecule has 0 amide bonds. The van der Waals surface area contributed by atoms with E-state index in [9.17, 15) is 5.11 Å². The summed E-state index contributed by atoms with van der Waals surface area (Å²) >= 11 is 0. The summed E-state index contributed by atoms with van der Waals surface area (Å²) in [6.45, 7) is 1.68. The molecule has 1 N–H and O–H groups in total. The summed E-state index contributed by atoms with van der Waals surface area (Å²) in [5, 5.41) is 18.2. The van der Waals surface area contributed by atoms with Crippen LogP contribution in [0.15, 0.2) is 30.3 Å². The average Bonchev–Trinajstić information content (AvgIpc) is 2.04. The Morgan fingerprint density at radius 1 is 1.38 bits per heavy atom. The monoisotopic (exact) mass is 175 g/mol. The van der Waals surface area contributed by atoms with Gasteiger partial charge in [-0.3, -0.25) is 0 Å². The Kier molecular flexibility index (Phi) is 3.05. The fourth-order valence-corrected chi connectivity index (χ4v) is 1.27. The van der Waals surface area contributed by atoms with Crippen LogP contribution in [0.5, 0.6) is 0 Å². The number of benzene rings is 1. The Morgan fingerprint density at radius 2 is 2.00 bits per heavy atom. The lowest BCUT2D eigenvalue weighted by Gasteiger charge is -2.19. The normalized spacial score (nSPS) is 14.5. The largest absolute Gasteiger partial charge is 0.389 e. The summed E-state index contributed by atoms with van der Waals surface area (Å²) in [7, 11) is 0. The number of aliphatic hydroxyl groups is 1. The second kappa shape index (κ2) is 4.06. The predicted octanol–water partition coefficient (Wildman–Crippen LogP) is 1.89. The zero-order valence-electron chi connectivity index (χ0n) is 7.70. The van der Waals surface area contributed by atoms with Crippen LogP contribution in [0.4, 0.5) is 0 Å². The molecule has 0 bridgehead atoms. The molecule has 1 atom stereocenters. The number of nitrogens with zero attached hydrogens (tertiary/aromatic N) is 1. The van der Waals surface area contributed by atoms with Crippen LogP contribution >= 0.6 is 0 Å². The van der Waals surface area contributed by atoms with Gasteiger partial charge in [-0.05, 0) is 12.5 Å². The van der Waals surface area contributed by atoms with Crippen molar-refractivity contribution in [3.05, 3.63) is 35.9 Å². The number of nitriles is 1. The van der Waals surface area contributed by atoms with Gasteiger partial charge in [0, 0.05) is 6.42 Å². The van der Waals surface area contributed by atoms with Crippen molar-refractivity contribution in [3.63, 3.8) is 0 Å². The summed E-state index contributed by atoms with van der Waals surface area (Å²) < 4.78 is 0. The van der Waals surface area contributed by atoms with Crippen molar-refractivity contribution in [2.75, 3.05) is 0 Å². The molecule has 0 heterocycles. The van der Waals surface area contributed by atoms with Gasteiger partial charge in [-0.25, -0.2) is 0 Å². The molecule has 0 unspecified atom stereocenters. The van der Waals surface area contributed by atoms with Crippen LogP contribution in [0.25, 0.3) is 0 Å². The average molecular weight is 175 g/mol.